The Morgan fingerprint density at radius 1 is 0.690 bits per heavy atom. The minimum atomic E-state index is -0.424. The first kappa shape index (κ1) is 31.6. The Morgan fingerprint density at radius 3 is 1.71 bits per heavy atom. The summed E-state index contributed by atoms with van der Waals surface area (Å²) in [6, 6.07) is 41.4. The van der Waals surface area contributed by atoms with E-state index in [1.807, 2.05) is 24.5 Å². The van der Waals surface area contributed by atoms with Gasteiger partial charge in [0, 0.05) is 5.92 Å². The first-order valence-corrected chi connectivity index (χ1v) is 16.3. The maximum Gasteiger partial charge on any atom is 0.338 e. The molecule has 0 amide bonds. The van der Waals surface area contributed by atoms with Gasteiger partial charge in [-0.2, -0.15) is 0 Å². The summed E-state index contributed by atoms with van der Waals surface area (Å²) in [5.74, 6) is 0.584. The maximum atomic E-state index is 12.4. The molecule has 0 aromatic heterocycles. The molecule has 0 fully saturated rings. The lowest BCUT2D eigenvalue weighted by Crippen LogP contribution is -2.45. The molecule has 0 saturated carbocycles. The van der Waals surface area contributed by atoms with Gasteiger partial charge in [0.2, 0.25) is 0 Å². The van der Waals surface area contributed by atoms with Crippen molar-refractivity contribution in [2.45, 2.75) is 37.6 Å². The molecule has 4 rings (SSSR count). The van der Waals surface area contributed by atoms with Crippen LogP contribution in [0.3, 0.4) is 0 Å². The molecule has 4 aromatic rings. The van der Waals surface area contributed by atoms with E-state index in [4.69, 9.17) is 9.47 Å². The number of benzene rings is 4. The van der Waals surface area contributed by atoms with Crippen LogP contribution in [0.1, 0.15) is 59.2 Å². The van der Waals surface area contributed by atoms with Gasteiger partial charge >= 0.3 is 5.97 Å². The van der Waals surface area contributed by atoms with E-state index < -0.39 is 5.54 Å². The number of carbonyl (C=O) groups is 1. The van der Waals surface area contributed by atoms with Crippen molar-refractivity contribution in [2.75, 3.05) is 32.0 Å². The van der Waals surface area contributed by atoms with Gasteiger partial charge in [0.25, 0.3) is 0 Å². The van der Waals surface area contributed by atoms with Crippen LogP contribution in [0.4, 0.5) is 0 Å². The zero-order valence-corrected chi connectivity index (χ0v) is 25.4. The number of thioether (sulfide) groups is 1. The number of hydrogen-bond donors (Lipinski definition) is 1. The van der Waals surface area contributed by atoms with Gasteiger partial charge in [0.1, 0.15) is 0 Å². The van der Waals surface area contributed by atoms with Crippen LogP contribution in [0.5, 0.6) is 0 Å². The second kappa shape index (κ2) is 17.5. The molecule has 1 unspecified atom stereocenters. The van der Waals surface area contributed by atoms with Gasteiger partial charge in [-0.15, -0.1) is 11.8 Å². The molecule has 0 aliphatic carbocycles. The summed E-state index contributed by atoms with van der Waals surface area (Å²) in [6.07, 6.45) is 7.42. The summed E-state index contributed by atoms with van der Waals surface area (Å²) in [7, 11) is 0. The van der Waals surface area contributed by atoms with Gasteiger partial charge in [-0.05, 0) is 54.5 Å². The largest absolute Gasteiger partial charge is 0.462 e. The van der Waals surface area contributed by atoms with E-state index in [9.17, 15) is 4.79 Å². The zero-order chi connectivity index (χ0) is 29.3. The minimum Gasteiger partial charge on any atom is -0.462 e. The molecular weight excluding hydrogens is 538 g/mol. The highest BCUT2D eigenvalue weighted by Crippen LogP contribution is 2.36. The van der Waals surface area contributed by atoms with Gasteiger partial charge in [0.15, 0.2) is 0 Å². The fraction of sp³-hybridized carbons (Fsp3) is 0.324. The standard InChI is InChI=1S/C37H43NO3S/c1-42-30-40-28-31(29-41-36(39)32-19-9-4-10-20-32)18-8-2-3-17-27-38-37(33-21-11-5-12-22-33,34-23-13-6-14-24-34)35-25-15-7-16-26-35/h4-7,9-16,19-26,31,38H,2-3,8,17-18,27-30H2,1H3. The van der Waals surface area contributed by atoms with Crippen LogP contribution in [-0.2, 0) is 15.0 Å². The van der Waals surface area contributed by atoms with E-state index in [1.54, 1.807) is 23.9 Å². The minimum absolute atomic E-state index is 0.199. The van der Waals surface area contributed by atoms with Crippen molar-refractivity contribution >= 4 is 17.7 Å². The van der Waals surface area contributed by atoms with Crippen LogP contribution in [0.15, 0.2) is 121 Å². The summed E-state index contributed by atoms with van der Waals surface area (Å²) in [6.45, 7) is 1.89. The molecule has 0 aliphatic rings. The first-order valence-electron chi connectivity index (χ1n) is 14.9. The first-order chi connectivity index (χ1) is 20.7. The molecule has 0 heterocycles. The lowest BCUT2D eigenvalue weighted by atomic mass is 9.77. The van der Waals surface area contributed by atoms with E-state index in [-0.39, 0.29) is 11.9 Å². The van der Waals surface area contributed by atoms with Crippen LogP contribution in [0.2, 0.25) is 0 Å². The summed E-state index contributed by atoms with van der Waals surface area (Å²) in [5, 5.41) is 3.98. The average Bonchev–Trinajstić information content (AvgIpc) is 3.06. The second-order valence-corrected chi connectivity index (χ2v) is 11.4. The predicted molar refractivity (Wildman–Crippen MR) is 175 cm³/mol. The highest BCUT2D eigenvalue weighted by atomic mass is 32.2. The number of unbranched alkanes of at least 4 members (excludes halogenated alkanes) is 3. The van der Waals surface area contributed by atoms with Crippen molar-refractivity contribution in [1.82, 2.24) is 5.32 Å². The number of rotatable bonds is 18. The Hall–Kier alpha value is -3.38. The molecule has 0 saturated heterocycles. The van der Waals surface area contributed by atoms with Gasteiger partial charge in [0.05, 0.1) is 30.3 Å². The summed E-state index contributed by atoms with van der Waals surface area (Å²) >= 11 is 1.66. The fourth-order valence-electron chi connectivity index (χ4n) is 5.42. The van der Waals surface area contributed by atoms with E-state index in [0.717, 1.165) is 38.6 Å². The monoisotopic (exact) mass is 581 g/mol. The summed E-state index contributed by atoms with van der Waals surface area (Å²) in [4.78, 5) is 12.4. The molecule has 42 heavy (non-hydrogen) atoms. The Kier molecular flexibility index (Phi) is 13.2. The third-order valence-electron chi connectivity index (χ3n) is 7.56. The number of esters is 1. The maximum absolute atomic E-state index is 12.4. The van der Waals surface area contributed by atoms with Crippen molar-refractivity contribution < 1.29 is 14.3 Å². The zero-order valence-electron chi connectivity index (χ0n) is 24.6. The van der Waals surface area contributed by atoms with Crippen molar-refractivity contribution in [3.05, 3.63) is 144 Å². The third-order valence-corrected chi connectivity index (χ3v) is 7.97. The molecule has 4 nitrogen and oxygen atoms in total. The fourth-order valence-corrected chi connectivity index (χ4v) is 5.68. The Balaban J connectivity index is 1.32. The van der Waals surface area contributed by atoms with Crippen molar-refractivity contribution in [1.29, 1.82) is 0 Å². The van der Waals surface area contributed by atoms with Crippen LogP contribution in [0, 0.1) is 5.92 Å². The molecule has 4 aromatic carbocycles. The van der Waals surface area contributed by atoms with E-state index in [2.05, 4.69) is 96.3 Å². The Bertz CT molecular complexity index is 1190. The van der Waals surface area contributed by atoms with Gasteiger partial charge in [-0.25, -0.2) is 4.79 Å². The van der Waals surface area contributed by atoms with Gasteiger partial charge < -0.3 is 9.47 Å². The quantitative estimate of drug-likeness (QED) is 0.0554. The van der Waals surface area contributed by atoms with E-state index in [1.165, 1.54) is 16.7 Å². The lowest BCUT2D eigenvalue weighted by molar-refractivity contribution is 0.0321. The van der Waals surface area contributed by atoms with Crippen LogP contribution in [0.25, 0.3) is 0 Å². The lowest BCUT2D eigenvalue weighted by Gasteiger charge is -2.37. The molecular formula is C37H43NO3S. The summed E-state index contributed by atoms with van der Waals surface area (Å²) in [5.41, 5.74) is 3.87. The number of hydrogen-bond acceptors (Lipinski definition) is 5. The Morgan fingerprint density at radius 2 is 1.19 bits per heavy atom. The number of ether oxygens (including phenoxy) is 2. The van der Waals surface area contributed by atoms with E-state index in [0.29, 0.717) is 24.7 Å². The van der Waals surface area contributed by atoms with Crippen LogP contribution >= 0.6 is 11.8 Å². The van der Waals surface area contributed by atoms with Crippen LogP contribution in [-0.4, -0.2) is 37.9 Å². The van der Waals surface area contributed by atoms with Crippen molar-refractivity contribution in [2.24, 2.45) is 5.92 Å². The van der Waals surface area contributed by atoms with Gasteiger partial charge in [-0.3, -0.25) is 5.32 Å². The molecule has 1 N–H and O–H groups in total. The predicted octanol–water partition coefficient (Wildman–Crippen LogP) is 8.33. The van der Waals surface area contributed by atoms with Crippen molar-refractivity contribution in [3.63, 3.8) is 0 Å². The SMILES string of the molecule is CSCOCC(CCCCCCNC(c1ccccc1)(c1ccccc1)c1ccccc1)COC(=O)c1ccccc1. The third kappa shape index (κ3) is 9.06. The second-order valence-electron chi connectivity index (χ2n) is 10.6. The average molecular weight is 582 g/mol. The van der Waals surface area contributed by atoms with Crippen molar-refractivity contribution in [3.8, 4) is 0 Å². The molecule has 1 atom stereocenters. The Labute approximate surface area is 255 Å². The van der Waals surface area contributed by atoms with E-state index >= 15 is 0 Å². The number of nitrogens with one attached hydrogen (secondary N) is 1. The highest BCUT2D eigenvalue weighted by Gasteiger charge is 2.35. The van der Waals surface area contributed by atoms with Gasteiger partial charge in [-0.1, -0.05) is 128 Å². The summed E-state index contributed by atoms with van der Waals surface area (Å²) < 4.78 is 11.4. The molecule has 0 bridgehead atoms. The number of carbonyl (C=O) groups excluding carboxylic acids is 1. The molecule has 220 valence electrons. The molecule has 0 aliphatic heterocycles. The molecule has 5 heteroatoms. The molecule has 0 radical (unpaired) electrons. The highest BCUT2D eigenvalue weighted by molar-refractivity contribution is 7.98. The van der Waals surface area contributed by atoms with Crippen LogP contribution < -0.4 is 5.32 Å². The smallest absolute Gasteiger partial charge is 0.338 e. The normalized spacial score (nSPS) is 12.1. The molecule has 0 spiro atoms. The topological polar surface area (TPSA) is 47.6 Å².